The number of rotatable bonds is 4. The Labute approximate surface area is 108 Å². The zero-order valence-electron chi connectivity index (χ0n) is 10.9. The fraction of sp³-hybridized carbons (Fsp3) is 0.667. The fourth-order valence-corrected chi connectivity index (χ4v) is 3.70. The van der Waals surface area contributed by atoms with Crippen molar-refractivity contribution in [3.05, 3.63) is 24.2 Å². The van der Waals surface area contributed by atoms with Gasteiger partial charge in [-0.3, -0.25) is 4.79 Å². The van der Waals surface area contributed by atoms with Gasteiger partial charge in [0.1, 0.15) is 5.76 Å². The molecule has 2 saturated carbocycles. The topological polar surface area (TPSA) is 42.2 Å². The normalized spacial score (nSPS) is 31.5. The first-order chi connectivity index (χ1) is 8.72. The van der Waals surface area contributed by atoms with E-state index < -0.39 is 0 Å². The molecule has 0 aromatic carbocycles. The third-order valence-corrected chi connectivity index (χ3v) is 4.55. The Morgan fingerprint density at radius 2 is 2.39 bits per heavy atom. The number of furan rings is 1. The van der Waals surface area contributed by atoms with Gasteiger partial charge in [-0.25, -0.2) is 0 Å². The Hall–Kier alpha value is -1.25. The summed E-state index contributed by atoms with van der Waals surface area (Å²) in [5, 5.41) is 3.15. The van der Waals surface area contributed by atoms with E-state index in [-0.39, 0.29) is 17.9 Å². The quantitative estimate of drug-likeness (QED) is 0.889. The Kier molecular flexibility index (Phi) is 3.14. The van der Waals surface area contributed by atoms with Crippen molar-refractivity contribution in [1.82, 2.24) is 5.32 Å². The number of nitrogens with one attached hydrogen (secondary N) is 1. The summed E-state index contributed by atoms with van der Waals surface area (Å²) in [7, 11) is 0. The van der Waals surface area contributed by atoms with Crippen molar-refractivity contribution in [3.8, 4) is 0 Å². The van der Waals surface area contributed by atoms with Gasteiger partial charge in [0.15, 0.2) is 0 Å². The number of carbonyl (C=O) groups excluding carboxylic acids is 1. The number of hydrogen-bond acceptors (Lipinski definition) is 2. The first-order valence-electron chi connectivity index (χ1n) is 7.05. The van der Waals surface area contributed by atoms with Crippen LogP contribution in [0.4, 0.5) is 0 Å². The van der Waals surface area contributed by atoms with E-state index in [9.17, 15) is 4.79 Å². The first kappa shape index (κ1) is 11.8. The van der Waals surface area contributed by atoms with Crippen LogP contribution in [0.2, 0.25) is 0 Å². The molecule has 0 radical (unpaired) electrons. The van der Waals surface area contributed by atoms with Crippen LogP contribution in [0.15, 0.2) is 22.8 Å². The molecule has 0 saturated heterocycles. The molecule has 2 bridgehead atoms. The van der Waals surface area contributed by atoms with Crippen LogP contribution in [0, 0.1) is 17.8 Å². The third-order valence-electron chi connectivity index (χ3n) is 4.55. The first-order valence-corrected chi connectivity index (χ1v) is 7.05. The van der Waals surface area contributed by atoms with Crippen molar-refractivity contribution in [3.63, 3.8) is 0 Å². The molecule has 1 aromatic rings. The van der Waals surface area contributed by atoms with Gasteiger partial charge < -0.3 is 9.73 Å². The molecule has 18 heavy (non-hydrogen) atoms. The lowest BCUT2D eigenvalue weighted by molar-refractivity contribution is -0.127. The van der Waals surface area contributed by atoms with Gasteiger partial charge in [0.05, 0.1) is 6.26 Å². The summed E-state index contributed by atoms with van der Waals surface area (Å²) in [6.45, 7) is 2.05. The minimum Gasteiger partial charge on any atom is -0.469 e. The lowest BCUT2D eigenvalue weighted by Gasteiger charge is -2.23. The van der Waals surface area contributed by atoms with Gasteiger partial charge in [-0.2, -0.15) is 0 Å². The van der Waals surface area contributed by atoms with Gasteiger partial charge in [0.2, 0.25) is 5.91 Å². The average Bonchev–Trinajstić information content (AvgIpc) is 3.04. The van der Waals surface area contributed by atoms with Crippen LogP contribution in [0.1, 0.15) is 38.4 Å². The summed E-state index contributed by atoms with van der Waals surface area (Å²) in [4.78, 5) is 12.2. The largest absolute Gasteiger partial charge is 0.469 e. The molecule has 0 unspecified atom stereocenters. The van der Waals surface area contributed by atoms with Crippen LogP contribution in [0.5, 0.6) is 0 Å². The van der Waals surface area contributed by atoms with E-state index in [1.165, 1.54) is 19.3 Å². The summed E-state index contributed by atoms with van der Waals surface area (Å²) in [6.07, 6.45) is 7.46. The maximum atomic E-state index is 12.2. The fourth-order valence-electron chi connectivity index (χ4n) is 3.70. The minimum atomic E-state index is 0.155. The van der Waals surface area contributed by atoms with Gasteiger partial charge in [-0.15, -0.1) is 0 Å². The SMILES string of the molecule is C[C@H](Cc1ccco1)NC(=O)[C@H]1C[C@H]2CC[C@H]1C2. The van der Waals surface area contributed by atoms with E-state index in [2.05, 4.69) is 5.32 Å². The standard InChI is InChI=1S/C15H21NO2/c1-10(7-13-3-2-6-18-13)16-15(17)14-9-11-4-5-12(14)8-11/h2-3,6,10-12,14H,4-5,7-9H2,1H3,(H,16,17)/t10-,11+,12+,14+/m1/s1. The Morgan fingerprint density at radius 1 is 1.50 bits per heavy atom. The van der Waals surface area contributed by atoms with Crippen molar-refractivity contribution < 1.29 is 9.21 Å². The highest BCUT2D eigenvalue weighted by Gasteiger charge is 2.43. The predicted molar refractivity (Wildman–Crippen MR) is 69.0 cm³/mol. The summed E-state index contributed by atoms with van der Waals surface area (Å²) in [5.41, 5.74) is 0. The molecular weight excluding hydrogens is 226 g/mol. The summed E-state index contributed by atoms with van der Waals surface area (Å²) < 4.78 is 5.31. The minimum absolute atomic E-state index is 0.155. The van der Waals surface area contributed by atoms with Gasteiger partial charge in [-0.1, -0.05) is 6.42 Å². The zero-order valence-corrected chi connectivity index (χ0v) is 10.9. The molecule has 0 spiro atoms. The lowest BCUT2D eigenvalue weighted by atomic mass is 9.88. The Balaban J connectivity index is 1.51. The molecule has 4 atom stereocenters. The molecule has 2 fully saturated rings. The van der Waals surface area contributed by atoms with Crippen LogP contribution in [0.3, 0.4) is 0 Å². The second-order valence-corrected chi connectivity index (χ2v) is 5.97. The van der Waals surface area contributed by atoms with Crippen LogP contribution < -0.4 is 5.32 Å². The second kappa shape index (κ2) is 4.79. The van der Waals surface area contributed by atoms with Crippen molar-refractivity contribution in [1.29, 1.82) is 0 Å². The maximum absolute atomic E-state index is 12.2. The van der Waals surface area contributed by atoms with Gasteiger partial charge >= 0.3 is 0 Å². The second-order valence-electron chi connectivity index (χ2n) is 5.97. The summed E-state index contributed by atoms with van der Waals surface area (Å²) in [5.74, 6) is 2.97. The Morgan fingerprint density at radius 3 is 3.00 bits per heavy atom. The van der Waals surface area contributed by atoms with E-state index in [1.54, 1.807) is 6.26 Å². The molecule has 0 aliphatic heterocycles. The van der Waals surface area contributed by atoms with Gasteiger partial charge in [0, 0.05) is 18.4 Å². The van der Waals surface area contributed by atoms with Crippen molar-refractivity contribution in [2.75, 3.05) is 0 Å². The van der Waals surface area contributed by atoms with Crippen molar-refractivity contribution in [2.24, 2.45) is 17.8 Å². The summed E-state index contributed by atoms with van der Waals surface area (Å²) in [6, 6.07) is 4.00. The van der Waals surface area contributed by atoms with Crippen molar-refractivity contribution >= 4 is 5.91 Å². The number of amides is 1. The molecule has 1 aromatic heterocycles. The molecule has 3 rings (SSSR count). The molecule has 98 valence electrons. The van der Waals surface area contributed by atoms with Crippen LogP contribution in [0.25, 0.3) is 0 Å². The highest BCUT2D eigenvalue weighted by molar-refractivity contribution is 5.79. The molecular formula is C15H21NO2. The van der Waals surface area contributed by atoms with Crippen molar-refractivity contribution in [2.45, 2.75) is 45.1 Å². The molecule has 1 N–H and O–H groups in total. The molecule has 2 aliphatic carbocycles. The third kappa shape index (κ3) is 2.31. The smallest absolute Gasteiger partial charge is 0.223 e. The average molecular weight is 247 g/mol. The van der Waals surface area contributed by atoms with E-state index in [4.69, 9.17) is 4.42 Å². The lowest BCUT2D eigenvalue weighted by Crippen LogP contribution is -2.40. The molecule has 2 aliphatic rings. The van der Waals surface area contributed by atoms with E-state index >= 15 is 0 Å². The molecule has 1 heterocycles. The predicted octanol–water partition coefficient (Wildman–Crippen LogP) is 2.76. The Bertz CT molecular complexity index is 412. The highest BCUT2D eigenvalue weighted by atomic mass is 16.3. The molecule has 1 amide bonds. The van der Waals surface area contributed by atoms with E-state index in [0.29, 0.717) is 5.92 Å². The molecule has 3 heteroatoms. The maximum Gasteiger partial charge on any atom is 0.223 e. The highest BCUT2D eigenvalue weighted by Crippen LogP contribution is 2.48. The zero-order chi connectivity index (χ0) is 12.5. The number of carbonyl (C=O) groups is 1. The van der Waals surface area contributed by atoms with Gasteiger partial charge in [0.25, 0.3) is 0 Å². The number of fused-ring (bicyclic) bond motifs is 2. The van der Waals surface area contributed by atoms with Crippen LogP contribution in [-0.2, 0) is 11.2 Å². The van der Waals surface area contributed by atoms with E-state index in [1.807, 2.05) is 19.1 Å². The van der Waals surface area contributed by atoms with Crippen LogP contribution in [-0.4, -0.2) is 11.9 Å². The van der Waals surface area contributed by atoms with Gasteiger partial charge in [-0.05, 0) is 50.2 Å². The van der Waals surface area contributed by atoms with Crippen LogP contribution >= 0.6 is 0 Å². The monoisotopic (exact) mass is 247 g/mol. The van der Waals surface area contributed by atoms with E-state index in [0.717, 1.165) is 24.5 Å². The number of hydrogen-bond donors (Lipinski definition) is 1. The molecule has 3 nitrogen and oxygen atoms in total. The summed E-state index contributed by atoms with van der Waals surface area (Å²) >= 11 is 0.